The lowest BCUT2D eigenvalue weighted by Crippen LogP contribution is -2.51. The maximum Gasteiger partial charge on any atom is 0.324 e. The second-order valence-electron chi connectivity index (χ2n) is 9.43. The highest BCUT2D eigenvalue weighted by atomic mass is 16.5. The van der Waals surface area contributed by atoms with Crippen LogP contribution in [0.5, 0.6) is 5.75 Å². The van der Waals surface area contributed by atoms with Crippen molar-refractivity contribution in [2.24, 2.45) is 5.92 Å². The quantitative estimate of drug-likeness (QED) is 0.557. The molecule has 180 valence electrons. The van der Waals surface area contributed by atoms with Gasteiger partial charge in [0.25, 0.3) is 5.91 Å². The lowest BCUT2D eigenvalue weighted by molar-refractivity contribution is -0.127. The standard InChI is InChI=1S/C25H36N4O4/c1-33-20-9-7-18(8-10-20)13-16-29-24(31)21(27-25(29)32)11-12-23(30)26-17-19-5-4-15-28-14-3-2-6-22(19)28/h7-10,19,21-22H,2-6,11-17H2,1H3,(H,26,30)(H,27,32)/t19-,21?,22+/m0/s1. The number of carbonyl (C=O) groups is 3. The summed E-state index contributed by atoms with van der Waals surface area (Å²) >= 11 is 0. The molecule has 1 aromatic rings. The summed E-state index contributed by atoms with van der Waals surface area (Å²) in [5, 5.41) is 5.83. The van der Waals surface area contributed by atoms with Crippen LogP contribution < -0.4 is 15.4 Å². The number of methoxy groups -OCH3 is 1. The number of ether oxygens (including phenoxy) is 1. The van der Waals surface area contributed by atoms with E-state index in [2.05, 4.69) is 15.5 Å². The van der Waals surface area contributed by atoms with Crippen molar-refractivity contribution < 1.29 is 19.1 Å². The molecule has 4 amide bonds. The molecule has 2 N–H and O–H groups in total. The predicted molar refractivity (Wildman–Crippen MR) is 125 cm³/mol. The van der Waals surface area contributed by atoms with Gasteiger partial charge in [-0.05, 0) is 75.2 Å². The molecule has 1 unspecified atom stereocenters. The number of nitrogens with zero attached hydrogens (tertiary/aromatic N) is 2. The van der Waals surface area contributed by atoms with Crippen LogP contribution in [-0.4, -0.2) is 73.0 Å². The van der Waals surface area contributed by atoms with Crippen LogP contribution >= 0.6 is 0 Å². The SMILES string of the molecule is COc1ccc(CCN2C(=O)NC(CCC(=O)NC[C@@H]3CCCN4CCCC[C@H]34)C2=O)cc1. The van der Waals surface area contributed by atoms with Gasteiger partial charge in [-0.3, -0.25) is 14.5 Å². The van der Waals surface area contributed by atoms with Gasteiger partial charge in [0, 0.05) is 25.6 Å². The van der Waals surface area contributed by atoms with Gasteiger partial charge in [0.1, 0.15) is 11.8 Å². The molecular weight excluding hydrogens is 420 g/mol. The Morgan fingerprint density at radius 2 is 1.91 bits per heavy atom. The van der Waals surface area contributed by atoms with Crippen LogP contribution in [0, 0.1) is 5.92 Å². The van der Waals surface area contributed by atoms with E-state index in [9.17, 15) is 14.4 Å². The number of amides is 4. The zero-order chi connectivity index (χ0) is 23.2. The maximum atomic E-state index is 12.7. The third kappa shape index (κ3) is 5.85. The van der Waals surface area contributed by atoms with E-state index < -0.39 is 6.04 Å². The summed E-state index contributed by atoms with van der Waals surface area (Å²) in [7, 11) is 1.61. The summed E-state index contributed by atoms with van der Waals surface area (Å²) in [5.41, 5.74) is 1.03. The monoisotopic (exact) mass is 456 g/mol. The molecule has 8 nitrogen and oxygen atoms in total. The summed E-state index contributed by atoms with van der Waals surface area (Å²) in [6.07, 6.45) is 7.32. The van der Waals surface area contributed by atoms with Gasteiger partial charge in [-0.1, -0.05) is 18.6 Å². The minimum absolute atomic E-state index is 0.0401. The number of nitrogens with one attached hydrogen (secondary N) is 2. The fraction of sp³-hybridized carbons (Fsp3) is 0.640. The molecule has 1 aromatic carbocycles. The Bertz CT molecular complexity index is 841. The smallest absolute Gasteiger partial charge is 0.324 e. The van der Waals surface area contributed by atoms with E-state index in [0.29, 0.717) is 37.9 Å². The minimum Gasteiger partial charge on any atom is -0.497 e. The molecule has 0 spiro atoms. The van der Waals surface area contributed by atoms with Gasteiger partial charge in [0.15, 0.2) is 0 Å². The average Bonchev–Trinajstić information content (AvgIpc) is 3.12. The van der Waals surface area contributed by atoms with E-state index >= 15 is 0 Å². The Kier molecular flexibility index (Phi) is 7.85. The van der Waals surface area contributed by atoms with Crippen molar-refractivity contribution in [3.8, 4) is 5.75 Å². The maximum absolute atomic E-state index is 12.7. The summed E-state index contributed by atoms with van der Waals surface area (Å²) in [6.45, 7) is 3.40. The lowest BCUT2D eigenvalue weighted by Gasteiger charge is -2.44. The number of hydrogen-bond acceptors (Lipinski definition) is 5. The highest BCUT2D eigenvalue weighted by Crippen LogP contribution is 2.30. The van der Waals surface area contributed by atoms with Crippen molar-refractivity contribution in [3.05, 3.63) is 29.8 Å². The van der Waals surface area contributed by atoms with Crippen molar-refractivity contribution in [1.82, 2.24) is 20.4 Å². The van der Waals surface area contributed by atoms with E-state index in [1.54, 1.807) is 7.11 Å². The molecule has 3 aliphatic rings. The third-order valence-corrected chi connectivity index (χ3v) is 7.34. The Balaban J connectivity index is 1.19. The van der Waals surface area contributed by atoms with E-state index in [1.807, 2.05) is 24.3 Å². The molecule has 3 saturated heterocycles. The first-order chi connectivity index (χ1) is 16.0. The largest absolute Gasteiger partial charge is 0.497 e. The first kappa shape index (κ1) is 23.5. The molecule has 4 rings (SSSR count). The first-order valence-corrected chi connectivity index (χ1v) is 12.3. The number of urea groups is 1. The number of imide groups is 1. The molecule has 3 heterocycles. The van der Waals surface area contributed by atoms with Gasteiger partial charge in [-0.2, -0.15) is 0 Å². The van der Waals surface area contributed by atoms with Gasteiger partial charge >= 0.3 is 6.03 Å². The van der Waals surface area contributed by atoms with E-state index in [0.717, 1.165) is 11.3 Å². The Hall–Kier alpha value is -2.61. The molecule has 0 aromatic heterocycles. The zero-order valence-corrected chi connectivity index (χ0v) is 19.6. The van der Waals surface area contributed by atoms with E-state index in [-0.39, 0.29) is 24.3 Å². The highest BCUT2D eigenvalue weighted by Gasteiger charge is 2.38. The van der Waals surface area contributed by atoms with Crippen molar-refractivity contribution in [2.75, 3.05) is 33.3 Å². The molecule has 3 atom stereocenters. The third-order valence-electron chi connectivity index (χ3n) is 7.34. The molecule has 3 aliphatic heterocycles. The van der Waals surface area contributed by atoms with Crippen LogP contribution in [0.2, 0.25) is 0 Å². The van der Waals surface area contributed by atoms with Gasteiger partial charge < -0.3 is 20.3 Å². The molecule has 0 bridgehead atoms. The highest BCUT2D eigenvalue weighted by molar-refractivity contribution is 6.04. The van der Waals surface area contributed by atoms with Crippen molar-refractivity contribution in [3.63, 3.8) is 0 Å². The van der Waals surface area contributed by atoms with Gasteiger partial charge in [0.2, 0.25) is 5.91 Å². The molecule has 8 heteroatoms. The summed E-state index contributed by atoms with van der Waals surface area (Å²) in [6, 6.07) is 7.18. The Morgan fingerprint density at radius 1 is 1.12 bits per heavy atom. The predicted octanol–water partition coefficient (Wildman–Crippen LogP) is 2.32. The van der Waals surface area contributed by atoms with Crippen molar-refractivity contribution >= 4 is 17.8 Å². The minimum atomic E-state index is -0.623. The molecule has 3 fully saturated rings. The fourth-order valence-electron chi connectivity index (χ4n) is 5.44. The van der Waals surface area contributed by atoms with Crippen LogP contribution in [0.4, 0.5) is 4.79 Å². The Morgan fingerprint density at radius 3 is 2.70 bits per heavy atom. The second kappa shape index (κ2) is 11.0. The number of benzene rings is 1. The topological polar surface area (TPSA) is 91.0 Å². The summed E-state index contributed by atoms with van der Waals surface area (Å²) in [5.74, 6) is 1.00. The van der Waals surface area contributed by atoms with Crippen molar-refractivity contribution in [2.45, 2.75) is 63.5 Å². The van der Waals surface area contributed by atoms with Gasteiger partial charge in [-0.15, -0.1) is 0 Å². The average molecular weight is 457 g/mol. The van der Waals surface area contributed by atoms with Crippen LogP contribution in [0.1, 0.15) is 50.5 Å². The Labute approximate surface area is 196 Å². The number of rotatable bonds is 9. The number of fused-ring (bicyclic) bond motifs is 1. The van der Waals surface area contributed by atoms with Crippen LogP contribution in [0.15, 0.2) is 24.3 Å². The van der Waals surface area contributed by atoms with E-state index in [4.69, 9.17) is 4.74 Å². The number of hydrogen-bond donors (Lipinski definition) is 2. The summed E-state index contributed by atoms with van der Waals surface area (Å²) in [4.78, 5) is 41.3. The molecule has 33 heavy (non-hydrogen) atoms. The molecule has 0 aliphatic carbocycles. The summed E-state index contributed by atoms with van der Waals surface area (Å²) < 4.78 is 5.15. The zero-order valence-electron chi connectivity index (χ0n) is 19.6. The van der Waals surface area contributed by atoms with Crippen LogP contribution in [0.25, 0.3) is 0 Å². The van der Waals surface area contributed by atoms with Gasteiger partial charge in [-0.25, -0.2) is 4.79 Å². The van der Waals surface area contributed by atoms with Crippen LogP contribution in [-0.2, 0) is 16.0 Å². The van der Waals surface area contributed by atoms with E-state index in [1.165, 1.54) is 50.1 Å². The number of piperidine rings is 2. The van der Waals surface area contributed by atoms with Crippen molar-refractivity contribution in [1.29, 1.82) is 0 Å². The van der Waals surface area contributed by atoms with Crippen LogP contribution in [0.3, 0.4) is 0 Å². The first-order valence-electron chi connectivity index (χ1n) is 12.3. The molecule has 0 radical (unpaired) electrons. The molecular formula is C25H36N4O4. The van der Waals surface area contributed by atoms with Gasteiger partial charge in [0.05, 0.1) is 7.11 Å². The normalized spacial score (nSPS) is 25.5. The second-order valence-corrected chi connectivity index (χ2v) is 9.43. The lowest BCUT2D eigenvalue weighted by atomic mass is 9.83. The molecule has 0 saturated carbocycles. The number of carbonyl (C=O) groups excluding carboxylic acids is 3. The fourth-order valence-corrected chi connectivity index (χ4v) is 5.44.